The molecule has 0 fully saturated rings. The lowest BCUT2D eigenvalue weighted by Crippen LogP contribution is -2.39. The van der Waals surface area contributed by atoms with Crippen molar-refractivity contribution in [2.45, 2.75) is 147 Å². The third-order valence-corrected chi connectivity index (χ3v) is 7.39. The number of carbonyl (C=O) groups is 1. The minimum absolute atomic E-state index is 0.327. The maximum absolute atomic E-state index is 11.1. The normalized spacial score (nSPS) is 16.3. The number of hydrogen-bond donors (Lipinski definition) is 3. The molecule has 0 amide bonds. The van der Waals surface area contributed by atoms with E-state index in [4.69, 9.17) is 14.6 Å². The molecule has 34 heavy (non-hydrogen) atoms. The Morgan fingerprint density at radius 2 is 1.35 bits per heavy atom. The van der Waals surface area contributed by atoms with Gasteiger partial charge in [0.15, 0.2) is 6.29 Å². The highest BCUT2D eigenvalue weighted by Crippen LogP contribution is 2.27. The molecule has 0 aromatic carbocycles. The lowest BCUT2D eigenvalue weighted by atomic mass is 9.92. The Kier molecular flexibility index (Phi) is 21.9. The van der Waals surface area contributed by atoms with Gasteiger partial charge in [-0.15, -0.1) is 12.6 Å². The van der Waals surface area contributed by atoms with Gasteiger partial charge in [0.25, 0.3) is 0 Å². The van der Waals surface area contributed by atoms with Crippen LogP contribution in [-0.2, 0) is 18.8 Å². The van der Waals surface area contributed by atoms with Crippen molar-refractivity contribution in [3.05, 3.63) is 0 Å². The van der Waals surface area contributed by atoms with Gasteiger partial charge in [0, 0.05) is 0 Å². The zero-order chi connectivity index (χ0) is 25.7. The van der Waals surface area contributed by atoms with Crippen molar-refractivity contribution in [2.75, 3.05) is 6.61 Å². The number of thiol groups is 1. The molecule has 202 valence electrons. The van der Waals surface area contributed by atoms with Crippen LogP contribution in [0.5, 0.6) is 0 Å². The molecule has 0 aliphatic heterocycles. The fourth-order valence-corrected chi connectivity index (χ4v) is 4.76. The van der Waals surface area contributed by atoms with Crippen molar-refractivity contribution in [3.63, 3.8) is 0 Å². The van der Waals surface area contributed by atoms with E-state index in [1.165, 1.54) is 96.3 Å². The fourth-order valence-electron chi connectivity index (χ4n) is 4.10. The predicted molar refractivity (Wildman–Crippen MR) is 144 cm³/mol. The number of carboxylic acids is 1. The van der Waals surface area contributed by atoms with Gasteiger partial charge in [-0.1, -0.05) is 122 Å². The Bertz CT molecular complexity index is 510. The lowest BCUT2D eigenvalue weighted by Gasteiger charge is -2.25. The van der Waals surface area contributed by atoms with E-state index in [1.807, 2.05) is 6.92 Å². The quantitative estimate of drug-likeness (QED) is 0.0491. The smallest absolute Gasteiger partial charge is 0.390 e. The van der Waals surface area contributed by atoms with Crippen LogP contribution in [0.15, 0.2) is 0 Å². The number of ether oxygens (including phenoxy) is 2. The molecule has 0 aliphatic rings. The molecule has 0 bridgehead atoms. The van der Waals surface area contributed by atoms with Crippen LogP contribution in [0.1, 0.15) is 130 Å². The van der Waals surface area contributed by atoms with Crippen molar-refractivity contribution >= 4 is 27.1 Å². The number of carboxylic acid groups (broad SMARTS) is 1. The summed E-state index contributed by atoms with van der Waals surface area (Å²) in [5.41, 5.74) is -0.327. The molecule has 0 rings (SSSR count). The van der Waals surface area contributed by atoms with Crippen LogP contribution in [0.25, 0.3) is 0 Å². The molecule has 0 aromatic heterocycles. The van der Waals surface area contributed by atoms with Crippen LogP contribution >= 0.6 is 21.1 Å². The maximum atomic E-state index is 11.1. The first-order valence-electron chi connectivity index (χ1n) is 13.6. The van der Waals surface area contributed by atoms with Crippen molar-refractivity contribution in [2.24, 2.45) is 5.92 Å². The molecule has 0 spiro atoms. The lowest BCUT2D eigenvalue weighted by molar-refractivity contribution is -0.183. The topological polar surface area (TPSA) is 93.1 Å². The summed E-state index contributed by atoms with van der Waals surface area (Å²) in [5.74, 6) is -1.02. The fraction of sp³-hybridized carbons (Fsp3) is 0.962. The van der Waals surface area contributed by atoms with Gasteiger partial charge in [-0.2, -0.15) is 0 Å². The van der Waals surface area contributed by atoms with Crippen LogP contribution in [0.3, 0.4) is 0 Å². The molecule has 0 radical (unpaired) electrons. The van der Waals surface area contributed by atoms with E-state index in [-0.39, 0.29) is 5.44 Å². The average molecular weight is 524 g/mol. The second-order valence-electron chi connectivity index (χ2n) is 9.58. The minimum atomic E-state index is -2.40. The summed E-state index contributed by atoms with van der Waals surface area (Å²) in [4.78, 5) is 11.1. The van der Waals surface area contributed by atoms with Crippen LogP contribution < -0.4 is 0 Å². The third-order valence-electron chi connectivity index (χ3n) is 6.36. The zero-order valence-electron chi connectivity index (χ0n) is 21.9. The summed E-state index contributed by atoms with van der Waals surface area (Å²) in [7, 11) is -1.42. The first kappa shape index (κ1) is 33.8. The third kappa shape index (κ3) is 17.3. The molecule has 8 heteroatoms. The second-order valence-corrected chi connectivity index (χ2v) is 11.2. The van der Waals surface area contributed by atoms with E-state index in [2.05, 4.69) is 26.5 Å². The molecule has 2 N–H and O–H groups in total. The Morgan fingerprint density at radius 1 is 0.882 bits per heavy atom. The molecule has 5 unspecified atom stereocenters. The standard InChI is InChI=1S/C26H51O6PS/c1-4-7-9-10-11-12-13-14-15-17-19-22(18-16-8-5-2)20-24(34)32-23(6-3)31-21-26(29,33-30)25(27)28/h22-24,29,34H,4-21H2,1-3H3,(H,27,28)/p+1. The summed E-state index contributed by atoms with van der Waals surface area (Å²) in [6, 6.07) is 0. The SMILES string of the molecule is CCCCCCCCCCCCC(CCCCC)CC(S)OC(CC)OCC(O)([PH+]=O)C(=O)O. The van der Waals surface area contributed by atoms with Gasteiger partial charge in [0.2, 0.25) is 0 Å². The largest absolute Gasteiger partial charge is 0.476 e. The van der Waals surface area contributed by atoms with Gasteiger partial charge in [-0.25, -0.2) is 4.79 Å². The van der Waals surface area contributed by atoms with Crippen LogP contribution in [0.2, 0.25) is 0 Å². The molecule has 0 heterocycles. The molecular formula is C26H52O6PS+. The molecule has 5 atom stereocenters. The number of unbranched alkanes of at least 4 members (excludes halogenated alkanes) is 11. The van der Waals surface area contributed by atoms with Crippen molar-refractivity contribution in [3.8, 4) is 0 Å². The van der Waals surface area contributed by atoms with Gasteiger partial charge < -0.3 is 19.7 Å². The van der Waals surface area contributed by atoms with Gasteiger partial charge in [-0.05, 0) is 18.8 Å². The summed E-state index contributed by atoms with van der Waals surface area (Å²) >= 11 is 4.62. The average Bonchev–Trinajstić information content (AvgIpc) is 2.82. The maximum Gasteiger partial charge on any atom is 0.390 e. The number of aliphatic carboxylic acids is 1. The molecule has 0 saturated carbocycles. The van der Waals surface area contributed by atoms with Crippen molar-refractivity contribution in [1.29, 1.82) is 0 Å². The van der Waals surface area contributed by atoms with Crippen molar-refractivity contribution in [1.82, 2.24) is 0 Å². The first-order chi connectivity index (χ1) is 16.3. The summed E-state index contributed by atoms with van der Waals surface area (Å²) in [6.45, 7) is 5.74. The number of rotatable bonds is 25. The zero-order valence-corrected chi connectivity index (χ0v) is 23.8. The van der Waals surface area contributed by atoms with Gasteiger partial charge in [0.1, 0.15) is 12.0 Å². The minimum Gasteiger partial charge on any atom is -0.476 e. The highest BCUT2D eigenvalue weighted by Gasteiger charge is 2.47. The first-order valence-corrected chi connectivity index (χ1v) is 15.1. The molecular weight excluding hydrogens is 471 g/mol. The Morgan fingerprint density at radius 3 is 1.82 bits per heavy atom. The Labute approximate surface area is 215 Å². The highest BCUT2D eigenvalue weighted by molar-refractivity contribution is 7.80. The van der Waals surface area contributed by atoms with E-state index >= 15 is 0 Å². The monoisotopic (exact) mass is 523 g/mol. The van der Waals surface area contributed by atoms with E-state index in [9.17, 15) is 14.5 Å². The molecule has 0 aromatic rings. The van der Waals surface area contributed by atoms with E-state index in [0.29, 0.717) is 12.3 Å². The second kappa shape index (κ2) is 22.0. The van der Waals surface area contributed by atoms with Gasteiger partial charge in [-0.3, -0.25) is 0 Å². The number of hydrogen-bond acceptors (Lipinski definition) is 6. The predicted octanol–water partition coefficient (Wildman–Crippen LogP) is 7.71. The van der Waals surface area contributed by atoms with Crippen LogP contribution in [0, 0.1) is 5.92 Å². The summed E-state index contributed by atoms with van der Waals surface area (Å²) in [6.07, 6.45) is 19.9. The molecule has 6 nitrogen and oxygen atoms in total. The molecule has 0 saturated heterocycles. The van der Waals surface area contributed by atoms with E-state index in [0.717, 1.165) is 6.42 Å². The number of aliphatic hydroxyl groups is 1. The molecule has 0 aliphatic carbocycles. The van der Waals surface area contributed by atoms with Gasteiger partial charge in [0.05, 0.1) is 0 Å². The highest BCUT2D eigenvalue weighted by atomic mass is 32.1. The van der Waals surface area contributed by atoms with Crippen LogP contribution in [-0.4, -0.2) is 39.9 Å². The Balaban J connectivity index is 4.37. The van der Waals surface area contributed by atoms with E-state index in [1.54, 1.807) is 0 Å². The van der Waals surface area contributed by atoms with Crippen molar-refractivity contribution < 1.29 is 29.0 Å². The van der Waals surface area contributed by atoms with E-state index < -0.39 is 32.7 Å². The Hall–Kier alpha value is -0.200. The van der Waals surface area contributed by atoms with Gasteiger partial charge >= 0.3 is 19.8 Å². The summed E-state index contributed by atoms with van der Waals surface area (Å²) < 4.78 is 22.4. The van der Waals surface area contributed by atoms with Crippen LogP contribution in [0.4, 0.5) is 0 Å². The summed E-state index contributed by atoms with van der Waals surface area (Å²) in [5, 5.41) is 16.5.